The van der Waals surface area contributed by atoms with Crippen molar-refractivity contribution in [1.82, 2.24) is 5.43 Å². The number of hydrogen-bond donors (Lipinski definition) is 2. The number of nitrogens with zero attached hydrogens (tertiary/aromatic N) is 1. The lowest BCUT2D eigenvalue weighted by atomic mass is 10.0. The van der Waals surface area contributed by atoms with Gasteiger partial charge in [0.25, 0.3) is 5.91 Å². The van der Waals surface area contributed by atoms with Crippen LogP contribution in [-0.2, 0) is 4.79 Å². The molecular weight excluding hydrogens is 441 g/mol. The monoisotopic (exact) mass is 463 g/mol. The standard InChI is InChI=1S/C20H22IN3O2/c1-13(2)17-6-4-5-7-18(17)22-19(25)12-14(3)23-24-20(26)15-8-10-16(21)11-9-15/h4-11,13H,12H2,1-3H3,(H,22,25)(H,24,26)/b23-14+. The van der Waals surface area contributed by atoms with E-state index in [9.17, 15) is 9.59 Å². The SMILES string of the molecule is C/C(CC(=O)Nc1ccccc1C(C)C)=N\NC(=O)c1ccc(I)cc1. The number of para-hydroxylation sites is 1. The average Bonchev–Trinajstić information content (AvgIpc) is 2.60. The number of anilines is 1. The Morgan fingerprint density at radius 2 is 1.73 bits per heavy atom. The molecule has 0 radical (unpaired) electrons. The Hall–Kier alpha value is -2.22. The van der Waals surface area contributed by atoms with Crippen LogP contribution in [-0.4, -0.2) is 17.5 Å². The van der Waals surface area contributed by atoms with E-state index in [1.807, 2.05) is 36.4 Å². The summed E-state index contributed by atoms with van der Waals surface area (Å²) in [6, 6.07) is 14.9. The van der Waals surface area contributed by atoms with Crippen LogP contribution in [0.15, 0.2) is 53.6 Å². The molecule has 0 bridgehead atoms. The minimum Gasteiger partial charge on any atom is -0.325 e. The van der Waals surface area contributed by atoms with Gasteiger partial charge in [-0.3, -0.25) is 9.59 Å². The Bertz CT molecular complexity index is 814. The van der Waals surface area contributed by atoms with Gasteiger partial charge in [-0.1, -0.05) is 32.0 Å². The number of rotatable bonds is 6. The van der Waals surface area contributed by atoms with Gasteiger partial charge in [-0.2, -0.15) is 5.10 Å². The van der Waals surface area contributed by atoms with E-state index in [0.29, 0.717) is 17.2 Å². The smallest absolute Gasteiger partial charge is 0.271 e. The minimum atomic E-state index is -0.300. The first-order valence-electron chi connectivity index (χ1n) is 8.34. The summed E-state index contributed by atoms with van der Waals surface area (Å²) in [4.78, 5) is 24.3. The third-order valence-corrected chi connectivity index (χ3v) is 4.45. The molecule has 0 aliphatic heterocycles. The molecule has 0 aromatic heterocycles. The second kappa shape index (κ2) is 9.47. The summed E-state index contributed by atoms with van der Waals surface area (Å²) >= 11 is 2.18. The molecule has 0 aliphatic rings. The largest absolute Gasteiger partial charge is 0.325 e. The molecule has 0 heterocycles. The van der Waals surface area contributed by atoms with Gasteiger partial charge >= 0.3 is 0 Å². The van der Waals surface area contributed by atoms with E-state index in [0.717, 1.165) is 14.8 Å². The minimum absolute atomic E-state index is 0.111. The van der Waals surface area contributed by atoms with E-state index in [1.54, 1.807) is 19.1 Å². The Labute approximate surface area is 167 Å². The lowest BCUT2D eigenvalue weighted by molar-refractivity contribution is -0.115. The molecule has 2 aromatic rings. The summed E-state index contributed by atoms with van der Waals surface area (Å²) in [7, 11) is 0. The van der Waals surface area contributed by atoms with Gasteiger partial charge in [-0.05, 0) is 71.3 Å². The highest BCUT2D eigenvalue weighted by Gasteiger charge is 2.10. The molecule has 0 saturated heterocycles. The first-order chi connectivity index (χ1) is 12.4. The molecule has 26 heavy (non-hydrogen) atoms. The molecule has 2 rings (SSSR count). The van der Waals surface area contributed by atoms with Crippen LogP contribution in [0.5, 0.6) is 0 Å². The fourth-order valence-electron chi connectivity index (χ4n) is 2.39. The highest BCUT2D eigenvalue weighted by atomic mass is 127. The van der Waals surface area contributed by atoms with Crippen molar-refractivity contribution in [3.05, 3.63) is 63.2 Å². The van der Waals surface area contributed by atoms with Gasteiger partial charge in [0.1, 0.15) is 0 Å². The predicted octanol–water partition coefficient (Wildman–Crippen LogP) is 4.55. The second-order valence-corrected chi connectivity index (χ2v) is 7.51. The van der Waals surface area contributed by atoms with E-state index in [4.69, 9.17) is 0 Å². The number of halogens is 1. The number of carbonyl (C=O) groups excluding carboxylic acids is 2. The highest BCUT2D eigenvalue weighted by Crippen LogP contribution is 2.23. The lowest BCUT2D eigenvalue weighted by Gasteiger charge is -2.13. The quantitative estimate of drug-likeness (QED) is 0.375. The van der Waals surface area contributed by atoms with Gasteiger partial charge in [-0.25, -0.2) is 5.43 Å². The van der Waals surface area contributed by atoms with Crippen LogP contribution in [0.1, 0.15) is 49.0 Å². The van der Waals surface area contributed by atoms with Gasteiger partial charge < -0.3 is 5.32 Å². The topological polar surface area (TPSA) is 70.6 Å². The summed E-state index contributed by atoms with van der Waals surface area (Å²) < 4.78 is 1.05. The Morgan fingerprint density at radius 3 is 2.38 bits per heavy atom. The van der Waals surface area contributed by atoms with E-state index >= 15 is 0 Å². The van der Waals surface area contributed by atoms with Crippen molar-refractivity contribution in [2.45, 2.75) is 33.1 Å². The summed E-state index contributed by atoms with van der Waals surface area (Å²) in [6.07, 6.45) is 0.111. The maximum absolute atomic E-state index is 12.2. The van der Waals surface area contributed by atoms with Gasteiger partial charge in [0.15, 0.2) is 0 Å². The maximum Gasteiger partial charge on any atom is 0.271 e. The number of carbonyl (C=O) groups is 2. The summed E-state index contributed by atoms with van der Waals surface area (Å²) in [6.45, 7) is 5.87. The maximum atomic E-state index is 12.2. The zero-order valence-corrected chi connectivity index (χ0v) is 17.2. The summed E-state index contributed by atoms with van der Waals surface area (Å²) in [5.41, 5.74) is 5.43. The number of hydrazone groups is 1. The van der Waals surface area contributed by atoms with Gasteiger partial charge in [0.05, 0.1) is 6.42 Å². The first kappa shape index (κ1) is 20.1. The van der Waals surface area contributed by atoms with Crippen molar-refractivity contribution in [2.75, 3.05) is 5.32 Å². The molecule has 2 N–H and O–H groups in total. The molecule has 0 unspecified atom stereocenters. The number of benzene rings is 2. The van der Waals surface area contributed by atoms with Crippen molar-refractivity contribution in [1.29, 1.82) is 0 Å². The highest BCUT2D eigenvalue weighted by molar-refractivity contribution is 14.1. The van der Waals surface area contributed by atoms with Crippen molar-refractivity contribution >= 4 is 45.8 Å². The molecule has 0 saturated carbocycles. The molecule has 0 aliphatic carbocycles. The fourth-order valence-corrected chi connectivity index (χ4v) is 2.75. The summed E-state index contributed by atoms with van der Waals surface area (Å²) in [5, 5.41) is 6.93. The van der Waals surface area contributed by atoms with E-state index in [2.05, 4.69) is 52.3 Å². The van der Waals surface area contributed by atoms with Crippen LogP contribution in [0, 0.1) is 3.57 Å². The van der Waals surface area contributed by atoms with Crippen molar-refractivity contribution in [3.63, 3.8) is 0 Å². The van der Waals surface area contributed by atoms with Crippen LogP contribution in [0.3, 0.4) is 0 Å². The zero-order valence-electron chi connectivity index (χ0n) is 15.0. The second-order valence-electron chi connectivity index (χ2n) is 6.26. The number of nitrogens with one attached hydrogen (secondary N) is 2. The van der Waals surface area contributed by atoms with Crippen molar-refractivity contribution in [2.24, 2.45) is 5.10 Å². The molecular formula is C20H22IN3O2. The Kier molecular flexibility index (Phi) is 7.32. The third kappa shape index (κ3) is 5.94. The third-order valence-electron chi connectivity index (χ3n) is 3.73. The van der Waals surface area contributed by atoms with Gasteiger partial charge in [0, 0.05) is 20.5 Å². The molecule has 2 amide bonds. The van der Waals surface area contributed by atoms with E-state index < -0.39 is 0 Å². The Morgan fingerprint density at radius 1 is 1.08 bits per heavy atom. The van der Waals surface area contributed by atoms with Crippen LogP contribution < -0.4 is 10.7 Å². The van der Waals surface area contributed by atoms with Crippen molar-refractivity contribution < 1.29 is 9.59 Å². The van der Waals surface area contributed by atoms with Crippen molar-refractivity contribution in [3.8, 4) is 0 Å². The van der Waals surface area contributed by atoms with Gasteiger partial charge in [0.2, 0.25) is 5.91 Å². The predicted molar refractivity (Wildman–Crippen MR) is 114 cm³/mol. The molecule has 5 nitrogen and oxygen atoms in total. The molecule has 0 atom stereocenters. The van der Waals surface area contributed by atoms with Crippen LogP contribution in [0.25, 0.3) is 0 Å². The Balaban J connectivity index is 1.93. The normalized spacial score (nSPS) is 11.3. The lowest BCUT2D eigenvalue weighted by Crippen LogP contribution is -2.21. The van der Waals surface area contributed by atoms with Gasteiger partial charge in [-0.15, -0.1) is 0 Å². The average molecular weight is 463 g/mol. The molecule has 2 aromatic carbocycles. The summed E-state index contributed by atoms with van der Waals surface area (Å²) in [5.74, 6) is -0.149. The molecule has 0 fully saturated rings. The van der Waals surface area contributed by atoms with E-state index in [-0.39, 0.29) is 18.2 Å². The molecule has 6 heteroatoms. The fraction of sp³-hybridized carbons (Fsp3) is 0.250. The number of hydrogen-bond acceptors (Lipinski definition) is 3. The zero-order chi connectivity index (χ0) is 19.1. The van der Waals surface area contributed by atoms with Crippen LogP contribution in [0.2, 0.25) is 0 Å². The molecule has 136 valence electrons. The van der Waals surface area contributed by atoms with Crippen LogP contribution >= 0.6 is 22.6 Å². The van der Waals surface area contributed by atoms with Crippen LogP contribution in [0.4, 0.5) is 5.69 Å². The molecule has 0 spiro atoms. The first-order valence-corrected chi connectivity index (χ1v) is 9.42. The van der Waals surface area contributed by atoms with E-state index in [1.165, 1.54) is 0 Å². The number of amides is 2.